The molecule has 0 unspecified atom stereocenters. The fourth-order valence-electron chi connectivity index (χ4n) is 1.53. The Morgan fingerprint density at radius 1 is 1.25 bits per heavy atom. The van der Waals surface area contributed by atoms with Crippen molar-refractivity contribution in [2.75, 3.05) is 12.4 Å². The van der Waals surface area contributed by atoms with Gasteiger partial charge in [0, 0.05) is 24.1 Å². The number of anilines is 2. The molecule has 2 aromatic rings. The Balaban J connectivity index is 2.24. The number of nitrogens with one attached hydrogen (secondary N) is 1. The fourth-order valence-corrected chi connectivity index (χ4v) is 1.53. The van der Waals surface area contributed by atoms with Crippen LogP contribution in [0.5, 0.6) is 5.88 Å². The molecule has 0 aliphatic rings. The van der Waals surface area contributed by atoms with Gasteiger partial charge in [-0.15, -0.1) is 0 Å². The summed E-state index contributed by atoms with van der Waals surface area (Å²) < 4.78 is 42.7. The summed E-state index contributed by atoms with van der Waals surface area (Å²) in [4.78, 5) is 11.4. The largest absolute Gasteiger partial charge is 0.481 e. The highest BCUT2D eigenvalue weighted by Crippen LogP contribution is 2.31. The lowest BCUT2D eigenvalue weighted by Crippen LogP contribution is -2.11. The average Bonchev–Trinajstić information content (AvgIpc) is 2.37. The summed E-state index contributed by atoms with van der Waals surface area (Å²) in [6.07, 6.45) is -2.20. The molecule has 0 saturated heterocycles. The molecule has 0 atom stereocenters. The van der Waals surface area contributed by atoms with Crippen molar-refractivity contribution in [3.8, 4) is 5.88 Å². The molecular formula is C12H11F3N4O. The van der Waals surface area contributed by atoms with Gasteiger partial charge >= 0.3 is 6.18 Å². The van der Waals surface area contributed by atoms with Crippen molar-refractivity contribution < 1.29 is 17.9 Å². The molecule has 0 amide bonds. The standard InChI is InChI=1S/C12H11F3N4O/c1-7-9(12(13,14)15)6-17-11(18-7)19-8-3-4-16-10(5-8)20-2/h3-6H,1-2H3,(H,16,17,18,19). The lowest BCUT2D eigenvalue weighted by atomic mass is 10.2. The second-order valence-corrected chi connectivity index (χ2v) is 3.90. The van der Waals surface area contributed by atoms with E-state index in [1.165, 1.54) is 20.2 Å². The van der Waals surface area contributed by atoms with Crippen LogP contribution in [0.15, 0.2) is 24.5 Å². The number of rotatable bonds is 3. The first-order chi connectivity index (χ1) is 9.40. The van der Waals surface area contributed by atoms with Gasteiger partial charge in [-0.2, -0.15) is 13.2 Å². The minimum atomic E-state index is -4.46. The summed E-state index contributed by atoms with van der Waals surface area (Å²) in [5.41, 5.74) is -0.428. The third kappa shape index (κ3) is 3.14. The van der Waals surface area contributed by atoms with Crippen molar-refractivity contribution in [2.24, 2.45) is 0 Å². The Hall–Kier alpha value is -2.38. The summed E-state index contributed by atoms with van der Waals surface area (Å²) in [6.45, 7) is 1.28. The molecule has 8 heteroatoms. The Morgan fingerprint density at radius 2 is 2.00 bits per heavy atom. The van der Waals surface area contributed by atoms with Crippen molar-refractivity contribution in [1.29, 1.82) is 0 Å². The smallest absolute Gasteiger partial charge is 0.419 e. The number of alkyl halides is 3. The quantitative estimate of drug-likeness (QED) is 0.939. The zero-order valence-corrected chi connectivity index (χ0v) is 10.7. The van der Waals surface area contributed by atoms with Gasteiger partial charge in [0.15, 0.2) is 0 Å². The molecule has 0 spiro atoms. The molecule has 5 nitrogen and oxygen atoms in total. The molecule has 2 heterocycles. The summed E-state index contributed by atoms with van der Waals surface area (Å²) in [5, 5.41) is 2.79. The lowest BCUT2D eigenvalue weighted by molar-refractivity contribution is -0.138. The molecule has 0 fully saturated rings. The number of aryl methyl sites for hydroxylation is 1. The van der Waals surface area contributed by atoms with Gasteiger partial charge in [0.25, 0.3) is 0 Å². The molecule has 0 aliphatic heterocycles. The average molecular weight is 284 g/mol. The van der Waals surface area contributed by atoms with Crippen molar-refractivity contribution in [3.63, 3.8) is 0 Å². The van der Waals surface area contributed by atoms with Gasteiger partial charge in [-0.3, -0.25) is 0 Å². The van der Waals surface area contributed by atoms with Gasteiger partial charge in [-0.05, 0) is 13.0 Å². The first-order valence-corrected chi connectivity index (χ1v) is 5.58. The van der Waals surface area contributed by atoms with Gasteiger partial charge < -0.3 is 10.1 Å². The van der Waals surface area contributed by atoms with Crippen LogP contribution in [0.3, 0.4) is 0 Å². The second-order valence-electron chi connectivity index (χ2n) is 3.90. The molecule has 106 valence electrons. The molecule has 0 aromatic carbocycles. The molecule has 2 aromatic heterocycles. The van der Waals surface area contributed by atoms with Crippen molar-refractivity contribution in [3.05, 3.63) is 35.8 Å². The zero-order valence-electron chi connectivity index (χ0n) is 10.7. The number of hydrogen-bond acceptors (Lipinski definition) is 5. The van der Waals surface area contributed by atoms with Crippen LogP contribution in [-0.2, 0) is 6.18 Å². The Morgan fingerprint density at radius 3 is 2.60 bits per heavy atom. The lowest BCUT2D eigenvalue weighted by Gasteiger charge is -2.11. The van der Waals surface area contributed by atoms with E-state index in [1.807, 2.05) is 0 Å². The van der Waals surface area contributed by atoms with E-state index in [-0.39, 0.29) is 11.6 Å². The van der Waals surface area contributed by atoms with Crippen molar-refractivity contribution >= 4 is 11.6 Å². The van der Waals surface area contributed by atoms with Crippen LogP contribution in [0.4, 0.5) is 24.8 Å². The number of aromatic nitrogens is 3. The molecule has 20 heavy (non-hydrogen) atoms. The van der Waals surface area contributed by atoms with E-state index in [4.69, 9.17) is 4.74 Å². The topological polar surface area (TPSA) is 59.9 Å². The monoisotopic (exact) mass is 284 g/mol. The molecule has 0 bridgehead atoms. The van der Waals surface area contributed by atoms with E-state index in [9.17, 15) is 13.2 Å². The predicted molar refractivity (Wildman–Crippen MR) is 65.8 cm³/mol. The van der Waals surface area contributed by atoms with Crippen molar-refractivity contribution in [1.82, 2.24) is 15.0 Å². The number of methoxy groups -OCH3 is 1. The van der Waals surface area contributed by atoms with E-state index < -0.39 is 11.7 Å². The van der Waals surface area contributed by atoms with Gasteiger partial charge in [-0.1, -0.05) is 0 Å². The van der Waals surface area contributed by atoms with Crippen LogP contribution in [0, 0.1) is 6.92 Å². The predicted octanol–water partition coefficient (Wildman–Crippen LogP) is 2.95. The van der Waals surface area contributed by atoms with Gasteiger partial charge in [0.1, 0.15) is 0 Å². The SMILES string of the molecule is COc1cc(Nc2ncc(C(F)(F)F)c(C)n2)ccn1. The second kappa shape index (κ2) is 5.32. The molecule has 1 N–H and O–H groups in total. The van der Waals surface area contributed by atoms with E-state index in [0.717, 1.165) is 6.20 Å². The highest BCUT2D eigenvalue weighted by atomic mass is 19.4. The maximum absolute atomic E-state index is 12.6. The van der Waals surface area contributed by atoms with Gasteiger partial charge in [0.2, 0.25) is 11.8 Å². The highest BCUT2D eigenvalue weighted by molar-refractivity contribution is 5.54. The highest BCUT2D eigenvalue weighted by Gasteiger charge is 2.33. The Bertz CT molecular complexity index is 616. The molecule has 0 radical (unpaired) electrons. The van der Waals surface area contributed by atoms with Crippen molar-refractivity contribution in [2.45, 2.75) is 13.1 Å². The van der Waals surface area contributed by atoms with Crippen LogP contribution in [0.25, 0.3) is 0 Å². The zero-order chi connectivity index (χ0) is 14.8. The molecular weight excluding hydrogens is 273 g/mol. The van der Waals surface area contributed by atoms with E-state index in [1.54, 1.807) is 12.1 Å². The number of halogens is 3. The number of nitrogens with zero attached hydrogens (tertiary/aromatic N) is 3. The maximum atomic E-state index is 12.6. The summed E-state index contributed by atoms with van der Waals surface area (Å²) in [5.74, 6) is 0.447. The van der Waals surface area contributed by atoms with Crippen LogP contribution in [0.1, 0.15) is 11.3 Å². The molecule has 2 rings (SSSR count). The van der Waals surface area contributed by atoms with Gasteiger partial charge in [-0.25, -0.2) is 15.0 Å². The van der Waals surface area contributed by atoms with E-state index in [2.05, 4.69) is 20.3 Å². The van der Waals surface area contributed by atoms with E-state index >= 15 is 0 Å². The Labute approximate surface area is 112 Å². The normalized spacial score (nSPS) is 11.2. The third-order valence-electron chi connectivity index (χ3n) is 2.48. The number of hydrogen-bond donors (Lipinski definition) is 1. The molecule has 0 aliphatic carbocycles. The van der Waals surface area contributed by atoms with Crippen LogP contribution in [0.2, 0.25) is 0 Å². The minimum Gasteiger partial charge on any atom is -0.481 e. The Kier molecular flexibility index (Phi) is 3.73. The van der Waals surface area contributed by atoms with Crippen LogP contribution < -0.4 is 10.1 Å². The minimum absolute atomic E-state index is 0.0729. The number of ether oxygens (including phenoxy) is 1. The third-order valence-corrected chi connectivity index (χ3v) is 2.48. The van der Waals surface area contributed by atoms with Crippen LogP contribution >= 0.6 is 0 Å². The summed E-state index contributed by atoms with van der Waals surface area (Å²) in [7, 11) is 1.46. The fraction of sp³-hybridized carbons (Fsp3) is 0.250. The first-order valence-electron chi connectivity index (χ1n) is 5.58. The van der Waals surface area contributed by atoms with Gasteiger partial charge in [0.05, 0.1) is 18.4 Å². The first kappa shape index (κ1) is 14.0. The summed E-state index contributed by atoms with van der Waals surface area (Å²) in [6, 6.07) is 3.20. The number of pyridine rings is 1. The van der Waals surface area contributed by atoms with Crippen LogP contribution in [-0.4, -0.2) is 22.1 Å². The van der Waals surface area contributed by atoms with E-state index in [0.29, 0.717) is 11.6 Å². The summed E-state index contributed by atoms with van der Waals surface area (Å²) >= 11 is 0. The maximum Gasteiger partial charge on any atom is 0.419 e. The molecule has 0 saturated carbocycles.